The molecule has 0 saturated heterocycles. The first-order valence-electron chi connectivity index (χ1n) is 17.2. The van der Waals surface area contributed by atoms with Gasteiger partial charge in [0, 0.05) is 32.7 Å². The molecule has 224 valence electrons. The topological polar surface area (TPSA) is 29.9 Å². The van der Waals surface area contributed by atoms with E-state index in [1.807, 2.05) is 6.07 Å². The Labute approximate surface area is 266 Å². The van der Waals surface area contributed by atoms with Crippen LogP contribution >= 0.6 is 0 Å². The summed E-state index contributed by atoms with van der Waals surface area (Å²) in [6, 6.07) is 25.5. The summed E-state index contributed by atoms with van der Waals surface area (Å²) in [5.74, 6) is 0.630. The molecule has 0 spiro atoms. The van der Waals surface area contributed by atoms with Gasteiger partial charge in [0.15, 0.2) is 11.8 Å². The summed E-state index contributed by atoms with van der Waals surface area (Å²) in [5.41, 5.74) is 12.9. The fraction of sp³-hybridized carbons (Fsp3) is 0.317. The first kappa shape index (κ1) is 26.2. The first-order valence-corrected chi connectivity index (χ1v) is 15.7. The lowest BCUT2D eigenvalue weighted by Gasteiger charge is -2.24. The molecule has 0 radical (unpaired) electrons. The number of pyridine rings is 2. The number of nitrogens with zero attached hydrogens (tertiary/aromatic N) is 2. The Morgan fingerprint density at radius 3 is 2.07 bits per heavy atom. The monoisotopic (exact) mass is 584 g/mol. The van der Waals surface area contributed by atoms with Crippen LogP contribution in [0.4, 0.5) is 0 Å². The summed E-state index contributed by atoms with van der Waals surface area (Å²) in [4.78, 5) is 4.49. The fourth-order valence-corrected chi connectivity index (χ4v) is 6.67. The first-order chi connectivity index (χ1) is 22.1. The van der Waals surface area contributed by atoms with Gasteiger partial charge in [0.1, 0.15) is 7.05 Å². The van der Waals surface area contributed by atoms with E-state index in [0.29, 0.717) is 17.5 Å². The van der Waals surface area contributed by atoms with Crippen molar-refractivity contribution in [2.24, 2.45) is 7.05 Å². The van der Waals surface area contributed by atoms with Crippen LogP contribution in [0.15, 0.2) is 83.4 Å². The number of benzene rings is 3. The number of rotatable bonds is 5. The van der Waals surface area contributed by atoms with Gasteiger partial charge in [-0.3, -0.25) is 0 Å². The minimum atomic E-state index is -2.32. The highest BCUT2D eigenvalue weighted by Crippen LogP contribution is 2.44. The zero-order valence-corrected chi connectivity index (χ0v) is 27.5. The summed E-state index contributed by atoms with van der Waals surface area (Å²) in [6.07, 6.45) is 2.15. The summed E-state index contributed by atoms with van der Waals surface area (Å²) in [5, 5.41) is 1.76. The van der Waals surface area contributed by atoms with Gasteiger partial charge in [-0.15, -0.1) is 0 Å². The normalized spacial score (nSPS) is 13.6. The van der Waals surface area contributed by atoms with E-state index in [1.165, 1.54) is 33.4 Å². The maximum Gasteiger partial charge on any atom is 0.227 e. The van der Waals surface area contributed by atoms with Gasteiger partial charge >= 0.3 is 0 Å². The number of fused-ring (bicyclic) bond motifs is 3. The lowest BCUT2D eigenvalue weighted by Crippen LogP contribution is -2.31. The Hall–Kier alpha value is -4.24. The minimum Gasteiger partial charge on any atom is -0.437 e. The largest absolute Gasteiger partial charge is 0.437 e. The van der Waals surface area contributed by atoms with E-state index in [2.05, 4.69) is 139 Å². The van der Waals surface area contributed by atoms with E-state index in [0.717, 1.165) is 38.7 Å². The van der Waals surface area contributed by atoms with Crippen LogP contribution in [0.1, 0.15) is 92.4 Å². The average Bonchev–Trinajstić information content (AvgIpc) is 3.37. The predicted molar refractivity (Wildman–Crippen MR) is 185 cm³/mol. The lowest BCUT2D eigenvalue weighted by molar-refractivity contribution is -0.660. The third-order valence-electron chi connectivity index (χ3n) is 8.94. The van der Waals surface area contributed by atoms with Gasteiger partial charge in [0.05, 0.1) is 5.56 Å². The van der Waals surface area contributed by atoms with Crippen LogP contribution in [0, 0.1) is 13.8 Å². The maximum atomic E-state index is 7.93. The van der Waals surface area contributed by atoms with Crippen LogP contribution in [0.3, 0.4) is 0 Å². The second-order valence-electron chi connectivity index (χ2n) is 13.8. The van der Waals surface area contributed by atoms with Crippen LogP contribution in [0.25, 0.3) is 55.6 Å². The SMILES string of the molecule is [2H]C([2H])([2H])c1ccc2c(n1)oc1c(-c3cc(-c4c(C(C)C)cc(-c5ccccc5)cc4C(C)C)cc[n+]3C)c(C)c(C(C)(C)C)cc12. The van der Waals surface area contributed by atoms with Crippen molar-refractivity contribution in [1.29, 1.82) is 0 Å². The van der Waals surface area contributed by atoms with Crippen LogP contribution in [0.2, 0.25) is 0 Å². The van der Waals surface area contributed by atoms with Crippen molar-refractivity contribution in [2.45, 2.75) is 79.5 Å². The average molecular weight is 585 g/mol. The van der Waals surface area contributed by atoms with Gasteiger partial charge in [0.2, 0.25) is 11.4 Å². The molecule has 0 amide bonds. The molecular weight excluding hydrogens is 536 g/mol. The molecular formula is C41H45N2O+. The maximum absolute atomic E-state index is 7.93. The molecule has 0 atom stereocenters. The molecule has 3 heteroatoms. The van der Waals surface area contributed by atoms with E-state index in [-0.39, 0.29) is 11.1 Å². The van der Waals surface area contributed by atoms with Crippen molar-refractivity contribution in [2.75, 3.05) is 0 Å². The second-order valence-corrected chi connectivity index (χ2v) is 13.8. The van der Waals surface area contributed by atoms with Crippen molar-refractivity contribution < 1.29 is 13.1 Å². The molecule has 0 aliphatic rings. The smallest absolute Gasteiger partial charge is 0.227 e. The number of aryl methyl sites for hydroxylation is 2. The molecule has 3 aromatic carbocycles. The summed E-state index contributed by atoms with van der Waals surface area (Å²) < 4.78 is 32.5. The highest BCUT2D eigenvalue weighted by atomic mass is 16.3. The predicted octanol–water partition coefficient (Wildman–Crippen LogP) is 11.0. The highest BCUT2D eigenvalue weighted by Gasteiger charge is 2.29. The molecule has 3 nitrogen and oxygen atoms in total. The van der Waals surface area contributed by atoms with Crippen molar-refractivity contribution in [3.05, 3.63) is 107 Å². The van der Waals surface area contributed by atoms with Crippen molar-refractivity contribution in [1.82, 2.24) is 4.98 Å². The van der Waals surface area contributed by atoms with Crippen LogP contribution in [-0.4, -0.2) is 4.98 Å². The summed E-state index contributed by atoms with van der Waals surface area (Å²) >= 11 is 0. The molecule has 3 heterocycles. The zero-order chi connectivity index (χ0) is 34.0. The third kappa shape index (κ3) is 5.13. The van der Waals surface area contributed by atoms with Crippen LogP contribution in [0.5, 0.6) is 0 Å². The third-order valence-corrected chi connectivity index (χ3v) is 8.94. The Morgan fingerprint density at radius 1 is 0.773 bits per heavy atom. The molecule has 0 aliphatic carbocycles. The molecule has 6 aromatic rings. The minimum absolute atomic E-state index is 0.0345. The molecule has 0 aliphatic heterocycles. The van der Waals surface area contributed by atoms with Gasteiger partial charge in [-0.05, 0) is 93.7 Å². The standard InChI is InChI=1S/C41H45N2O/c1-24(2)32-20-30(28-14-12-11-13-15-28)21-33(25(3)4)38(32)29-18-19-43(10)36(22-29)37-27(6)35(41(7,8)9)23-34-31-17-16-26(5)42-40(31)44-39(34)37/h11-25H,1-10H3/q+1/i5D3. The molecule has 6 rings (SSSR count). The van der Waals surface area contributed by atoms with Crippen molar-refractivity contribution in [3.63, 3.8) is 0 Å². The summed E-state index contributed by atoms with van der Waals surface area (Å²) in [7, 11) is 2.08. The molecule has 0 N–H and O–H groups in total. The van der Waals surface area contributed by atoms with Gasteiger partial charge in [0.25, 0.3) is 0 Å². The Kier molecular flexibility index (Phi) is 6.57. The number of hydrogen-bond donors (Lipinski definition) is 0. The lowest BCUT2D eigenvalue weighted by atomic mass is 9.80. The van der Waals surface area contributed by atoms with E-state index < -0.39 is 6.85 Å². The number of aromatic nitrogens is 2. The fourth-order valence-electron chi connectivity index (χ4n) is 6.67. The highest BCUT2D eigenvalue weighted by molar-refractivity contribution is 6.09. The Morgan fingerprint density at radius 2 is 1.45 bits per heavy atom. The van der Waals surface area contributed by atoms with Gasteiger partial charge in [-0.2, -0.15) is 0 Å². The molecule has 3 aromatic heterocycles. The van der Waals surface area contributed by atoms with Gasteiger partial charge < -0.3 is 4.42 Å². The molecule has 44 heavy (non-hydrogen) atoms. The van der Waals surface area contributed by atoms with E-state index in [9.17, 15) is 0 Å². The molecule has 0 fully saturated rings. The van der Waals surface area contributed by atoms with Crippen molar-refractivity contribution in [3.8, 4) is 33.5 Å². The van der Waals surface area contributed by atoms with Crippen LogP contribution < -0.4 is 4.57 Å². The van der Waals surface area contributed by atoms with E-state index in [4.69, 9.17) is 8.53 Å². The second kappa shape index (κ2) is 11.0. The molecule has 0 saturated carbocycles. The van der Waals surface area contributed by atoms with E-state index in [1.54, 1.807) is 6.07 Å². The van der Waals surface area contributed by atoms with Crippen LogP contribution in [-0.2, 0) is 12.5 Å². The Balaban J connectivity index is 1.67. The van der Waals surface area contributed by atoms with Gasteiger partial charge in [-0.25, -0.2) is 9.55 Å². The quantitative estimate of drug-likeness (QED) is 0.189. The number of furan rings is 1. The van der Waals surface area contributed by atoms with Gasteiger partial charge in [-0.1, -0.05) is 90.9 Å². The molecule has 0 unspecified atom stereocenters. The summed E-state index contributed by atoms with van der Waals surface area (Å²) in [6.45, 7) is 15.6. The van der Waals surface area contributed by atoms with Crippen molar-refractivity contribution >= 4 is 22.1 Å². The number of hydrogen-bond acceptors (Lipinski definition) is 2. The Bertz CT molecular complexity index is 2100. The van der Waals surface area contributed by atoms with E-state index >= 15 is 0 Å². The molecule has 0 bridgehead atoms. The zero-order valence-electron chi connectivity index (χ0n) is 30.5.